The summed E-state index contributed by atoms with van der Waals surface area (Å²) in [4.78, 5) is 2.55. The van der Waals surface area contributed by atoms with Gasteiger partial charge in [-0.05, 0) is 41.4 Å². The van der Waals surface area contributed by atoms with E-state index in [1.807, 2.05) is 6.07 Å². The van der Waals surface area contributed by atoms with Crippen LogP contribution in [0.4, 0.5) is 0 Å². The molecule has 0 aliphatic carbocycles. The number of ether oxygens (including phenoxy) is 3. The normalized spacial score (nSPS) is 16.1. The van der Waals surface area contributed by atoms with Gasteiger partial charge >= 0.3 is 0 Å². The van der Waals surface area contributed by atoms with Gasteiger partial charge in [0.1, 0.15) is 0 Å². The molecule has 1 saturated heterocycles. The van der Waals surface area contributed by atoms with Gasteiger partial charge in [0.25, 0.3) is 0 Å². The van der Waals surface area contributed by atoms with Crippen molar-refractivity contribution >= 4 is 10.8 Å². The molecule has 0 amide bonds. The molecule has 0 radical (unpaired) electrons. The zero-order valence-corrected chi connectivity index (χ0v) is 18.0. The highest BCUT2D eigenvalue weighted by molar-refractivity contribution is 5.86. The zero-order valence-electron chi connectivity index (χ0n) is 18.0. The predicted octanol–water partition coefficient (Wildman–Crippen LogP) is 4.25. The second-order valence-electron chi connectivity index (χ2n) is 7.53. The Kier molecular flexibility index (Phi) is 6.41. The van der Waals surface area contributed by atoms with Crippen LogP contribution in [0.25, 0.3) is 10.8 Å². The fourth-order valence-corrected chi connectivity index (χ4v) is 4.51. The molecule has 1 N–H and O–H groups in total. The summed E-state index contributed by atoms with van der Waals surface area (Å²) in [6.45, 7) is 3.99. The van der Waals surface area contributed by atoms with Gasteiger partial charge in [0, 0.05) is 25.2 Å². The Labute approximate surface area is 178 Å². The number of rotatable bonds is 6. The van der Waals surface area contributed by atoms with E-state index in [9.17, 15) is 0 Å². The Morgan fingerprint density at radius 2 is 1.57 bits per heavy atom. The Morgan fingerprint density at radius 1 is 0.767 bits per heavy atom. The molecular formula is C25H30N2O3. The van der Waals surface area contributed by atoms with Gasteiger partial charge in [-0.15, -0.1) is 0 Å². The lowest BCUT2D eigenvalue weighted by molar-refractivity contribution is 0.234. The highest BCUT2D eigenvalue weighted by atomic mass is 16.5. The van der Waals surface area contributed by atoms with Gasteiger partial charge in [-0.2, -0.15) is 0 Å². The Bertz CT molecular complexity index is 992. The first-order chi connectivity index (χ1) is 14.8. The molecule has 3 aromatic rings. The third-order valence-corrected chi connectivity index (χ3v) is 5.89. The van der Waals surface area contributed by atoms with Crippen LogP contribution < -0.4 is 19.5 Å². The summed E-state index contributed by atoms with van der Waals surface area (Å²) in [5.41, 5.74) is 2.37. The number of hydrogen-bond acceptors (Lipinski definition) is 5. The Hall–Kier alpha value is -2.76. The van der Waals surface area contributed by atoms with E-state index in [1.54, 1.807) is 21.3 Å². The van der Waals surface area contributed by atoms with E-state index in [-0.39, 0.29) is 6.04 Å². The number of methoxy groups -OCH3 is 3. The molecule has 1 atom stereocenters. The van der Waals surface area contributed by atoms with Crippen LogP contribution in [0.3, 0.4) is 0 Å². The van der Waals surface area contributed by atoms with Crippen molar-refractivity contribution in [2.24, 2.45) is 0 Å². The molecule has 0 saturated carbocycles. The number of hydrogen-bond donors (Lipinski definition) is 1. The standard InChI is InChI=1S/C25H30N2O3/c1-28-22-13-12-21(24(29-2)25(22)30-3)23(27-16-7-14-26-15-17-27)20-11-6-9-18-8-4-5-10-19(18)20/h4-6,8-13,23,26H,7,14-17H2,1-3H3. The van der Waals surface area contributed by atoms with Crippen LogP contribution in [-0.4, -0.2) is 52.4 Å². The van der Waals surface area contributed by atoms with Gasteiger partial charge in [-0.3, -0.25) is 4.90 Å². The summed E-state index contributed by atoms with van der Waals surface area (Å²) in [5, 5.41) is 6.03. The smallest absolute Gasteiger partial charge is 0.203 e. The first-order valence-corrected chi connectivity index (χ1v) is 10.5. The largest absolute Gasteiger partial charge is 0.493 e. The van der Waals surface area contributed by atoms with E-state index in [1.165, 1.54) is 16.3 Å². The summed E-state index contributed by atoms with van der Waals surface area (Å²) in [7, 11) is 5.01. The van der Waals surface area contributed by atoms with Crippen molar-refractivity contribution in [3.8, 4) is 17.2 Å². The topological polar surface area (TPSA) is 43.0 Å². The molecule has 0 spiro atoms. The van der Waals surface area contributed by atoms with E-state index in [4.69, 9.17) is 14.2 Å². The van der Waals surface area contributed by atoms with Crippen LogP contribution in [0, 0.1) is 0 Å². The lowest BCUT2D eigenvalue weighted by Crippen LogP contribution is -2.33. The number of fused-ring (bicyclic) bond motifs is 1. The second kappa shape index (κ2) is 9.37. The Balaban J connectivity index is 1.95. The third kappa shape index (κ3) is 3.83. The fourth-order valence-electron chi connectivity index (χ4n) is 4.51. The number of nitrogens with zero attached hydrogens (tertiary/aromatic N) is 1. The van der Waals surface area contributed by atoms with E-state index >= 15 is 0 Å². The first-order valence-electron chi connectivity index (χ1n) is 10.5. The van der Waals surface area contributed by atoms with Gasteiger partial charge < -0.3 is 19.5 Å². The number of benzene rings is 3. The SMILES string of the molecule is COc1ccc(C(c2cccc3ccccc23)N2CCCNCC2)c(OC)c1OC. The molecule has 1 aliphatic rings. The molecule has 30 heavy (non-hydrogen) atoms. The molecule has 0 aromatic heterocycles. The van der Waals surface area contributed by atoms with Gasteiger partial charge in [0.15, 0.2) is 11.5 Å². The van der Waals surface area contributed by atoms with Crippen LogP contribution in [-0.2, 0) is 0 Å². The minimum atomic E-state index is 0.0470. The average Bonchev–Trinajstić information content (AvgIpc) is 3.08. The van der Waals surface area contributed by atoms with E-state index in [2.05, 4.69) is 58.7 Å². The van der Waals surface area contributed by atoms with Crippen LogP contribution in [0.5, 0.6) is 17.2 Å². The highest BCUT2D eigenvalue weighted by Gasteiger charge is 2.30. The van der Waals surface area contributed by atoms with Gasteiger partial charge in [0.05, 0.1) is 27.4 Å². The second-order valence-corrected chi connectivity index (χ2v) is 7.53. The maximum atomic E-state index is 5.90. The van der Waals surface area contributed by atoms with Gasteiger partial charge in [0.2, 0.25) is 5.75 Å². The molecule has 1 fully saturated rings. The predicted molar refractivity (Wildman–Crippen MR) is 121 cm³/mol. The minimum Gasteiger partial charge on any atom is -0.493 e. The van der Waals surface area contributed by atoms with Gasteiger partial charge in [-0.1, -0.05) is 42.5 Å². The Morgan fingerprint density at radius 3 is 2.37 bits per heavy atom. The molecule has 1 unspecified atom stereocenters. The van der Waals surface area contributed by atoms with Crippen molar-refractivity contribution < 1.29 is 14.2 Å². The van der Waals surface area contributed by atoms with Crippen molar-refractivity contribution in [3.05, 3.63) is 65.7 Å². The maximum absolute atomic E-state index is 5.90. The summed E-state index contributed by atoms with van der Waals surface area (Å²) in [5.74, 6) is 2.04. The zero-order chi connectivity index (χ0) is 20.9. The third-order valence-electron chi connectivity index (χ3n) is 5.89. The van der Waals surface area contributed by atoms with Crippen LogP contribution in [0.1, 0.15) is 23.6 Å². The van der Waals surface area contributed by atoms with Crippen molar-refractivity contribution in [1.82, 2.24) is 10.2 Å². The van der Waals surface area contributed by atoms with Crippen molar-refractivity contribution in [3.63, 3.8) is 0 Å². The van der Waals surface area contributed by atoms with E-state index in [0.717, 1.165) is 43.9 Å². The fraction of sp³-hybridized carbons (Fsp3) is 0.360. The summed E-state index contributed by atoms with van der Waals surface area (Å²) in [6.07, 6.45) is 1.11. The van der Waals surface area contributed by atoms with Crippen LogP contribution >= 0.6 is 0 Å². The highest BCUT2D eigenvalue weighted by Crippen LogP contribution is 2.46. The molecule has 158 valence electrons. The molecule has 5 heteroatoms. The summed E-state index contributed by atoms with van der Waals surface area (Å²) >= 11 is 0. The van der Waals surface area contributed by atoms with Crippen LogP contribution in [0.2, 0.25) is 0 Å². The van der Waals surface area contributed by atoms with Crippen LogP contribution in [0.15, 0.2) is 54.6 Å². The summed E-state index contributed by atoms with van der Waals surface area (Å²) < 4.78 is 17.1. The maximum Gasteiger partial charge on any atom is 0.203 e. The average molecular weight is 407 g/mol. The van der Waals surface area contributed by atoms with Crippen molar-refractivity contribution in [2.75, 3.05) is 47.5 Å². The lowest BCUT2D eigenvalue weighted by Gasteiger charge is -2.33. The molecule has 5 nitrogen and oxygen atoms in total. The molecule has 4 rings (SSSR count). The minimum absolute atomic E-state index is 0.0470. The van der Waals surface area contributed by atoms with Gasteiger partial charge in [-0.25, -0.2) is 0 Å². The molecular weight excluding hydrogens is 376 g/mol. The molecule has 3 aromatic carbocycles. The molecule has 1 aliphatic heterocycles. The molecule has 1 heterocycles. The molecule has 0 bridgehead atoms. The lowest BCUT2D eigenvalue weighted by atomic mass is 9.91. The van der Waals surface area contributed by atoms with Crippen molar-refractivity contribution in [1.29, 1.82) is 0 Å². The first kappa shape index (κ1) is 20.5. The number of nitrogens with one attached hydrogen (secondary N) is 1. The van der Waals surface area contributed by atoms with Crippen molar-refractivity contribution in [2.45, 2.75) is 12.5 Å². The summed E-state index contributed by atoms with van der Waals surface area (Å²) in [6, 6.07) is 19.3. The van der Waals surface area contributed by atoms with E-state index in [0.29, 0.717) is 11.5 Å². The monoisotopic (exact) mass is 406 g/mol. The van der Waals surface area contributed by atoms with E-state index < -0.39 is 0 Å². The quantitative estimate of drug-likeness (QED) is 0.663.